The molecule has 3 aromatic carbocycles. The molecule has 3 heteroatoms. The molecule has 0 atom stereocenters. The number of hydrogen-bond acceptors (Lipinski definition) is 1. The van der Waals surface area contributed by atoms with Crippen molar-refractivity contribution in [2.24, 2.45) is 0 Å². The van der Waals surface area contributed by atoms with Gasteiger partial charge in [0.15, 0.2) is 5.43 Å². The van der Waals surface area contributed by atoms with E-state index in [0.29, 0.717) is 0 Å². The third kappa shape index (κ3) is 1.16. The van der Waals surface area contributed by atoms with E-state index in [-0.39, 0.29) is 5.43 Å². The summed E-state index contributed by atoms with van der Waals surface area (Å²) in [4.78, 5) is 11.8. The second kappa shape index (κ2) is 3.23. The molecule has 0 radical (unpaired) electrons. The van der Waals surface area contributed by atoms with Crippen LogP contribution in [-0.4, -0.2) is 10.2 Å². The van der Waals surface area contributed by atoms with Crippen molar-refractivity contribution in [2.75, 3.05) is 0 Å². The van der Waals surface area contributed by atoms with Gasteiger partial charge in [-0.05, 0) is 40.4 Å². The van der Waals surface area contributed by atoms with Crippen LogP contribution in [0.1, 0.15) is 0 Å². The number of fused-ring (bicyclic) bond motifs is 4. The smallest absolute Gasteiger partial charge is 0.186 e. The first-order chi connectivity index (χ1) is 8.83. The monoisotopic (exact) mass is 234 g/mol. The van der Waals surface area contributed by atoms with Crippen LogP contribution < -0.4 is 5.43 Å². The minimum Gasteiger partial charge on any atom is -0.307 e. The maximum Gasteiger partial charge on any atom is 0.186 e. The molecule has 2 N–H and O–H groups in total. The van der Waals surface area contributed by atoms with E-state index in [1.807, 2.05) is 30.5 Å². The summed E-state index contributed by atoms with van der Waals surface area (Å²) >= 11 is 0. The lowest BCUT2D eigenvalue weighted by molar-refractivity contribution is 1.12. The van der Waals surface area contributed by atoms with Crippen LogP contribution in [0.4, 0.5) is 0 Å². The van der Waals surface area contributed by atoms with Crippen molar-refractivity contribution in [3.63, 3.8) is 0 Å². The van der Waals surface area contributed by atoms with E-state index in [9.17, 15) is 4.79 Å². The Labute approximate surface area is 102 Å². The number of aromatic nitrogens is 2. The van der Waals surface area contributed by atoms with Gasteiger partial charge in [0, 0.05) is 17.0 Å². The van der Waals surface area contributed by atoms with Crippen LogP contribution in [0.5, 0.6) is 0 Å². The lowest BCUT2D eigenvalue weighted by Gasteiger charge is -2.02. The zero-order valence-electron chi connectivity index (χ0n) is 9.53. The number of H-pyrrole nitrogens is 2. The van der Waals surface area contributed by atoms with Crippen molar-refractivity contribution in [3.8, 4) is 0 Å². The maximum atomic E-state index is 11.8. The third-order valence-corrected chi connectivity index (χ3v) is 3.44. The van der Waals surface area contributed by atoms with Crippen molar-refractivity contribution < 1.29 is 0 Å². The van der Waals surface area contributed by atoms with Crippen LogP contribution in [-0.2, 0) is 0 Å². The van der Waals surface area contributed by atoms with Crippen molar-refractivity contribution >= 4 is 32.4 Å². The quantitative estimate of drug-likeness (QED) is 0.451. The second-order valence-corrected chi connectivity index (χ2v) is 4.49. The fourth-order valence-electron chi connectivity index (χ4n) is 2.54. The molecule has 0 unspecified atom stereocenters. The van der Waals surface area contributed by atoms with Crippen molar-refractivity contribution in [1.82, 2.24) is 10.2 Å². The van der Waals surface area contributed by atoms with E-state index in [4.69, 9.17) is 0 Å². The van der Waals surface area contributed by atoms with E-state index in [1.165, 1.54) is 0 Å². The van der Waals surface area contributed by atoms with E-state index in [1.54, 1.807) is 12.1 Å². The Morgan fingerprint density at radius 3 is 2.61 bits per heavy atom. The van der Waals surface area contributed by atoms with Crippen LogP contribution in [0.25, 0.3) is 32.4 Å². The Morgan fingerprint density at radius 1 is 0.833 bits per heavy atom. The summed E-state index contributed by atoms with van der Waals surface area (Å²) in [6, 6.07) is 13.5. The summed E-state index contributed by atoms with van der Waals surface area (Å²) in [6.07, 6.45) is 1.95. The minimum atomic E-state index is 0.0788. The molecular weight excluding hydrogens is 224 g/mol. The summed E-state index contributed by atoms with van der Waals surface area (Å²) in [6.45, 7) is 0. The Bertz CT molecular complexity index is 947. The van der Waals surface area contributed by atoms with Gasteiger partial charge in [-0.25, -0.2) is 0 Å². The number of hydrogen-bond donors (Lipinski definition) is 2. The van der Waals surface area contributed by atoms with Crippen LogP contribution >= 0.6 is 0 Å². The fourth-order valence-corrected chi connectivity index (χ4v) is 2.54. The Kier molecular flexibility index (Phi) is 1.70. The molecule has 0 saturated heterocycles. The summed E-state index contributed by atoms with van der Waals surface area (Å²) < 4.78 is 0. The lowest BCUT2D eigenvalue weighted by atomic mass is 10.0. The van der Waals surface area contributed by atoms with E-state index < -0.39 is 0 Å². The Hall–Kier alpha value is -2.55. The zero-order chi connectivity index (χ0) is 12.1. The highest BCUT2D eigenvalue weighted by atomic mass is 16.1. The minimum absolute atomic E-state index is 0.0788. The standard InChI is InChI=1S/C15H10N2O/c18-15-3-1-2-9-6-11-10(7-12(9)15)4-5-14-13(11)8-16-17-14/h1-8,16-17H. The van der Waals surface area contributed by atoms with Crippen LogP contribution in [0.3, 0.4) is 0 Å². The largest absolute Gasteiger partial charge is 0.307 e. The number of nitrogens with one attached hydrogen (secondary N) is 2. The highest BCUT2D eigenvalue weighted by molar-refractivity contribution is 6.10. The van der Waals surface area contributed by atoms with Gasteiger partial charge in [-0.2, -0.15) is 0 Å². The Balaban J connectivity index is 2.32. The van der Waals surface area contributed by atoms with Gasteiger partial charge in [-0.3, -0.25) is 4.79 Å². The molecule has 1 heterocycles. The first-order valence-corrected chi connectivity index (χ1v) is 5.84. The van der Waals surface area contributed by atoms with Crippen LogP contribution in [0, 0.1) is 0 Å². The highest BCUT2D eigenvalue weighted by Gasteiger charge is 2.04. The zero-order valence-corrected chi connectivity index (χ0v) is 9.53. The fraction of sp³-hybridized carbons (Fsp3) is 0. The molecule has 4 aromatic rings. The molecule has 0 saturated carbocycles. The molecule has 3 nitrogen and oxygen atoms in total. The summed E-state index contributed by atoms with van der Waals surface area (Å²) in [7, 11) is 0. The molecule has 4 rings (SSSR count). The first-order valence-electron chi connectivity index (χ1n) is 5.84. The van der Waals surface area contributed by atoms with Gasteiger partial charge in [0.2, 0.25) is 0 Å². The van der Waals surface area contributed by atoms with Gasteiger partial charge in [-0.1, -0.05) is 18.2 Å². The number of benzene rings is 3. The maximum absolute atomic E-state index is 11.8. The van der Waals surface area contributed by atoms with Gasteiger partial charge < -0.3 is 10.2 Å². The second-order valence-electron chi connectivity index (χ2n) is 4.49. The predicted molar refractivity (Wildman–Crippen MR) is 73.9 cm³/mol. The molecular formula is C15H10N2O. The molecule has 18 heavy (non-hydrogen) atoms. The van der Waals surface area contributed by atoms with Crippen molar-refractivity contribution in [3.05, 3.63) is 58.9 Å². The molecule has 0 bridgehead atoms. The molecule has 0 aliphatic carbocycles. The third-order valence-electron chi connectivity index (χ3n) is 3.44. The summed E-state index contributed by atoms with van der Waals surface area (Å²) in [5.74, 6) is 0. The molecule has 1 aromatic heterocycles. The predicted octanol–water partition coefficient (Wildman–Crippen LogP) is 3.16. The van der Waals surface area contributed by atoms with Crippen LogP contribution in [0.2, 0.25) is 0 Å². The van der Waals surface area contributed by atoms with Crippen molar-refractivity contribution in [2.45, 2.75) is 0 Å². The summed E-state index contributed by atoms with van der Waals surface area (Å²) in [5, 5.41) is 11.2. The van der Waals surface area contributed by atoms with E-state index in [2.05, 4.69) is 16.3 Å². The number of rotatable bonds is 0. The lowest BCUT2D eigenvalue weighted by Crippen LogP contribution is -1.97. The van der Waals surface area contributed by atoms with E-state index in [0.717, 1.165) is 32.4 Å². The van der Waals surface area contributed by atoms with Crippen LogP contribution in [0.15, 0.2) is 53.5 Å². The Morgan fingerprint density at radius 2 is 1.67 bits per heavy atom. The first kappa shape index (κ1) is 9.48. The van der Waals surface area contributed by atoms with Gasteiger partial charge >= 0.3 is 0 Å². The van der Waals surface area contributed by atoms with Crippen molar-refractivity contribution in [1.29, 1.82) is 0 Å². The molecule has 0 spiro atoms. The number of aromatic amines is 2. The summed E-state index contributed by atoms with van der Waals surface area (Å²) in [5.41, 5.74) is 1.15. The average molecular weight is 234 g/mol. The molecule has 0 aliphatic heterocycles. The van der Waals surface area contributed by atoms with Gasteiger partial charge in [-0.15, -0.1) is 0 Å². The highest BCUT2D eigenvalue weighted by Crippen LogP contribution is 2.27. The normalized spacial score (nSPS) is 11.6. The molecule has 86 valence electrons. The van der Waals surface area contributed by atoms with Gasteiger partial charge in [0.05, 0.1) is 5.52 Å². The average Bonchev–Trinajstić information content (AvgIpc) is 2.86. The topological polar surface area (TPSA) is 48.6 Å². The van der Waals surface area contributed by atoms with E-state index >= 15 is 0 Å². The van der Waals surface area contributed by atoms with Gasteiger partial charge in [0.25, 0.3) is 0 Å². The SMILES string of the molecule is O=c1cccc2cc3c(ccc4[nH][nH]cc43)cc12. The molecule has 0 fully saturated rings. The van der Waals surface area contributed by atoms with Gasteiger partial charge in [0.1, 0.15) is 0 Å². The molecule has 0 aliphatic rings. The molecule has 0 amide bonds.